The molecule has 0 aromatic rings. The molecule has 2 N–H and O–H groups in total. The maximum Gasteiger partial charge on any atom is 0.221 e. The topological polar surface area (TPSA) is 44.4 Å². The van der Waals surface area contributed by atoms with Gasteiger partial charge in [-0.1, -0.05) is 0 Å². The Kier molecular flexibility index (Phi) is 4.74. The predicted molar refractivity (Wildman–Crippen MR) is 66.4 cm³/mol. The molecule has 16 heavy (non-hydrogen) atoms. The highest BCUT2D eigenvalue weighted by atomic mass is 16.1. The van der Waals surface area contributed by atoms with Crippen LogP contribution < -0.4 is 10.6 Å². The van der Waals surface area contributed by atoms with Crippen LogP contribution in [0, 0.1) is 0 Å². The summed E-state index contributed by atoms with van der Waals surface area (Å²) in [4.78, 5) is 13.6. The van der Waals surface area contributed by atoms with E-state index in [1.807, 2.05) is 0 Å². The van der Waals surface area contributed by atoms with Gasteiger partial charge in [0.25, 0.3) is 0 Å². The summed E-state index contributed by atoms with van der Waals surface area (Å²) in [5.41, 5.74) is 0.132. The van der Waals surface area contributed by atoms with Crippen molar-refractivity contribution in [2.24, 2.45) is 0 Å². The molecule has 1 amide bonds. The van der Waals surface area contributed by atoms with Gasteiger partial charge in [-0.05, 0) is 40.8 Å². The van der Waals surface area contributed by atoms with E-state index >= 15 is 0 Å². The van der Waals surface area contributed by atoms with Gasteiger partial charge in [-0.3, -0.25) is 4.79 Å². The minimum atomic E-state index is 0.132. The predicted octanol–water partition coefficient (Wildman–Crippen LogP) is 0.585. The standard InChI is InChI=1S/C12H25N3O/c1-12(2,15(3)4)9-13-8-7-11(16)14-10-5-6-10/h10,13H,5-9H2,1-4H3,(H,14,16). The summed E-state index contributed by atoms with van der Waals surface area (Å²) < 4.78 is 0. The van der Waals surface area contributed by atoms with Gasteiger partial charge in [0.15, 0.2) is 0 Å². The number of carbonyl (C=O) groups excluding carboxylic acids is 1. The molecule has 1 saturated carbocycles. The molecule has 1 aliphatic rings. The van der Waals surface area contributed by atoms with E-state index in [2.05, 4.69) is 43.5 Å². The van der Waals surface area contributed by atoms with Gasteiger partial charge < -0.3 is 15.5 Å². The number of carbonyl (C=O) groups is 1. The number of nitrogens with one attached hydrogen (secondary N) is 2. The van der Waals surface area contributed by atoms with E-state index in [9.17, 15) is 4.79 Å². The van der Waals surface area contributed by atoms with Crippen molar-refractivity contribution in [2.45, 2.75) is 44.7 Å². The molecular formula is C12H25N3O. The minimum absolute atomic E-state index is 0.132. The molecule has 0 aromatic heterocycles. The van der Waals surface area contributed by atoms with Gasteiger partial charge in [-0.2, -0.15) is 0 Å². The Morgan fingerprint density at radius 1 is 1.38 bits per heavy atom. The summed E-state index contributed by atoms with van der Waals surface area (Å²) in [6.45, 7) is 6.03. The summed E-state index contributed by atoms with van der Waals surface area (Å²) >= 11 is 0. The highest BCUT2D eigenvalue weighted by molar-refractivity contribution is 5.76. The molecule has 0 radical (unpaired) electrons. The molecule has 0 unspecified atom stereocenters. The van der Waals surface area contributed by atoms with Gasteiger partial charge in [0.2, 0.25) is 5.91 Å². The highest BCUT2D eigenvalue weighted by Gasteiger charge is 2.23. The van der Waals surface area contributed by atoms with Crippen molar-refractivity contribution in [3.8, 4) is 0 Å². The lowest BCUT2D eigenvalue weighted by Gasteiger charge is -2.32. The van der Waals surface area contributed by atoms with Crippen LogP contribution in [-0.4, -0.2) is 49.6 Å². The number of likely N-dealkylation sites (N-methyl/N-ethyl adjacent to an activating group) is 1. The van der Waals surface area contributed by atoms with Crippen molar-refractivity contribution < 1.29 is 4.79 Å². The van der Waals surface area contributed by atoms with Gasteiger partial charge in [-0.25, -0.2) is 0 Å². The molecule has 0 aromatic carbocycles. The Bertz CT molecular complexity index is 234. The van der Waals surface area contributed by atoms with Gasteiger partial charge in [-0.15, -0.1) is 0 Å². The van der Waals surface area contributed by atoms with Crippen LogP contribution in [0.15, 0.2) is 0 Å². The lowest BCUT2D eigenvalue weighted by atomic mass is 10.0. The van der Waals surface area contributed by atoms with Crippen molar-refractivity contribution in [2.75, 3.05) is 27.2 Å². The molecule has 1 rings (SSSR count). The zero-order chi connectivity index (χ0) is 12.2. The molecule has 0 spiro atoms. The summed E-state index contributed by atoms with van der Waals surface area (Å²) in [6, 6.07) is 0.478. The van der Waals surface area contributed by atoms with E-state index in [-0.39, 0.29) is 11.4 Å². The van der Waals surface area contributed by atoms with E-state index in [4.69, 9.17) is 0 Å². The van der Waals surface area contributed by atoms with Crippen molar-refractivity contribution in [3.63, 3.8) is 0 Å². The smallest absolute Gasteiger partial charge is 0.221 e. The van der Waals surface area contributed by atoms with Crippen molar-refractivity contribution >= 4 is 5.91 Å². The van der Waals surface area contributed by atoms with Crippen LogP contribution in [-0.2, 0) is 4.79 Å². The van der Waals surface area contributed by atoms with Gasteiger partial charge in [0.1, 0.15) is 0 Å². The first-order chi connectivity index (χ1) is 7.42. The van der Waals surface area contributed by atoms with E-state index < -0.39 is 0 Å². The second-order valence-electron chi connectivity index (χ2n) is 5.48. The second kappa shape index (κ2) is 5.64. The van der Waals surface area contributed by atoms with Crippen molar-refractivity contribution in [1.29, 1.82) is 0 Å². The Hall–Kier alpha value is -0.610. The van der Waals surface area contributed by atoms with E-state index in [1.54, 1.807) is 0 Å². The van der Waals surface area contributed by atoms with Crippen LogP contribution in [0.5, 0.6) is 0 Å². The van der Waals surface area contributed by atoms with Crippen LogP contribution in [0.3, 0.4) is 0 Å². The second-order valence-corrected chi connectivity index (χ2v) is 5.48. The fraction of sp³-hybridized carbons (Fsp3) is 0.917. The third kappa shape index (κ3) is 4.94. The third-order valence-corrected chi connectivity index (χ3v) is 3.24. The zero-order valence-corrected chi connectivity index (χ0v) is 11.0. The van der Waals surface area contributed by atoms with Crippen molar-refractivity contribution in [3.05, 3.63) is 0 Å². The fourth-order valence-electron chi connectivity index (χ4n) is 1.28. The number of hydrogen-bond acceptors (Lipinski definition) is 3. The highest BCUT2D eigenvalue weighted by Crippen LogP contribution is 2.18. The lowest BCUT2D eigenvalue weighted by molar-refractivity contribution is -0.121. The van der Waals surface area contributed by atoms with E-state index in [0.29, 0.717) is 12.5 Å². The molecule has 4 nitrogen and oxygen atoms in total. The van der Waals surface area contributed by atoms with Gasteiger partial charge in [0, 0.05) is 31.1 Å². The average molecular weight is 227 g/mol. The largest absolute Gasteiger partial charge is 0.353 e. The summed E-state index contributed by atoms with van der Waals surface area (Å²) in [7, 11) is 4.14. The van der Waals surface area contributed by atoms with Gasteiger partial charge in [0.05, 0.1) is 0 Å². The molecule has 0 saturated heterocycles. The van der Waals surface area contributed by atoms with Crippen LogP contribution in [0.1, 0.15) is 33.1 Å². The Labute approximate surface area is 98.8 Å². The first-order valence-electron chi connectivity index (χ1n) is 6.09. The molecule has 0 atom stereocenters. The summed E-state index contributed by atoms with van der Waals surface area (Å²) in [6.07, 6.45) is 2.90. The molecule has 94 valence electrons. The van der Waals surface area contributed by atoms with Crippen LogP contribution in [0.2, 0.25) is 0 Å². The Balaban J connectivity index is 2.04. The van der Waals surface area contributed by atoms with Crippen molar-refractivity contribution in [1.82, 2.24) is 15.5 Å². The van der Waals surface area contributed by atoms with Crippen LogP contribution >= 0.6 is 0 Å². The van der Waals surface area contributed by atoms with Crippen LogP contribution in [0.4, 0.5) is 0 Å². The Morgan fingerprint density at radius 3 is 2.50 bits per heavy atom. The quantitative estimate of drug-likeness (QED) is 0.626. The first kappa shape index (κ1) is 13.5. The molecule has 0 heterocycles. The van der Waals surface area contributed by atoms with Gasteiger partial charge >= 0.3 is 0 Å². The summed E-state index contributed by atoms with van der Waals surface area (Å²) in [5, 5.41) is 6.31. The fourth-order valence-corrected chi connectivity index (χ4v) is 1.28. The maximum absolute atomic E-state index is 11.4. The molecule has 4 heteroatoms. The average Bonchev–Trinajstić information content (AvgIpc) is 2.96. The molecule has 0 bridgehead atoms. The molecule has 1 fully saturated rings. The third-order valence-electron chi connectivity index (χ3n) is 3.24. The SMILES string of the molecule is CN(C)C(C)(C)CNCCC(=O)NC1CC1. The Morgan fingerprint density at radius 2 is 2.00 bits per heavy atom. The lowest BCUT2D eigenvalue weighted by Crippen LogP contribution is -2.47. The van der Waals surface area contributed by atoms with E-state index in [0.717, 1.165) is 25.9 Å². The number of nitrogens with zero attached hydrogens (tertiary/aromatic N) is 1. The zero-order valence-electron chi connectivity index (χ0n) is 11.0. The monoisotopic (exact) mass is 227 g/mol. The normalized spacial score (nSPS) is 16.6. The van der Waals surface area contributed by atoms with E-state index in [1.165, 1.54) is 0 Å². The number of amides is 1. The molecule has 1 aliphatic carbocycles. The number of rotatable bonds is 7. The minimum Gasteiger partial charge on any atom is -0.353 e. The molecular weight excluding hydrogens is 202 g/mol. The first-order valence-corrected chi connectivity index (χ1v) is 6.09. The molecule has 0 aliphatic heterocycles. The maximum atomic E-state index is 11.4. The number of hydrogen-bond donors (Lipinski definition) is 2. The van der Waals surface area contributed by atoms with Crippen LogP contribution in [0.25, 0.3) is 0 Å². The summed E-state index contributed by atoms with van der Waals surface area (Å²) in [5.74, 6) is 0.178.